The largest absolute Gasteiger partial charge is 0.478 e. The first-order valence-corrected chi connectivity index (χ1v) is 6.12. The van der Waals surface area contributed by atoms with E-state index in [1.54, 1.807) is 0 Å². The van der Waals surface area contributed by atoms with E-state index in [9.17, 15) is 0 Å². The van der Waals surface area contributed by atoms with E-state index < -0.39 is 0 Å². The summed E-state index contributed by atoms with van der Waals surface area (Å²) in [4.78, 5) is 4.32. The number of nitrogens with zero attached hydrogens (tertiary/aromatic N) is 1. The summed E-state index contributed by atoms with van der Waals surface area (Å²) >= 11 is 0. The number of hydrogen-bond acceptors (Lipinski definition) is 3. The van der Waals surface area contributed by atoms with Gasteiger partial charge in [-0.1, -0.05) is 6.07 Å². The summed E-state index contributed by atoms with van der Waals surface area (Å²) in [5.41, 5.74) is 1.01. The van der Waals surface area contributed by atoms with Gasteiger partial charge in [0.2, 0.25) is 5.88 Å². The van der Waals surface area contributed by atoms with Gasteiger partial charge in [-0.2, -0.15) is 0 Å². The summed E-state index contributed by atoms with van der Waals surface area (Å²) in [7, 11) is 0. The molecular weight excluding hydrogens is 200 g/mol. The van der Waals surface area contributed by atoms with Crippen LogP contribution in [0, 0.1) is 12.8 Å². The first kappa shape index (κ1) is 11.4. The van der Waals surface area contributed by atoms with Crippen LogP contribution in [0.3, 0.4) is 0 Å². The van der Waals surface area contributed by atoms with Crippen LogP contribution < -0.4 is 10.1 Å². The molecule has 2 heterocycles. The molecular formula is C13H20N2O. The zero-order valence-electron chi connectivity index (χ0n) is 9.91. The van der Waals surface area contributed by atoms with Gasteiger partial charge in [0.05, 0.1) is 6.61 Å². The minimum absolute atomic E-state index is 0.753. The van der Waals surface area contributed by atoms with Gasteiger partial charge in [0.1, 0.15) is 0 Å². The van der Waals surface area contributed by atoms with Crippen molar-refractivity contribution in [2.45, 2.75) is 26.2 Å². The highest BCUT2D eigenvalue weighted by atomic mass is 16.5. The summed E-state index contributed by atoms with van der Waals surface area (Å²) in [6, 6.07) is 5.89. The Morgan fingerprint density at radius 1 is 1.50 bits per heavy atom. The summed E-state index contributed by atoms with van der Waals surface area (Å²) in [6.45, 7) is 5.09. The number of hydrogen-bond donors (Lipinski definition) is 1. The zero-order valence-corrected chi connectivity index (χ0v) is 9.91. The molecule has 0 aliphatic carbocycles. The maximum absolute atomic E-state index is 5.65. The molecule has 1 saturated heterocycles. The van der Waals surface area contributed by atoms with Gasteiger partial charge in [-0.3, -0.25) is 0 Å². The Morgan fingerprint density at radius 2 is 2.44 bits per heavy atom. The Morgan fingerprint density at radius 3 is 3.19 bits per heavy atom. The maximum Gasteiger partial charge on any atom is 0.213 e. The van der Waals surface area contributed by atoms with Gasteiger partial charge in [0, 0.05) is 11.8 Å². The van der Waals surface area contributed by atoms with Gasteiger partial charge in [0.25, 0.3) is 0 Å². The lowest BCUT2D eigenvalue weighted by molar-refractivity contribution is 0.247. The van der Waals surface area contributed by atoms with Gasteiger partial charge in [0.15, 0.2) is 0 Å². The molecule has 88 valence electrons. The minimum atomic E-state index is 0.753. The van der Waals surface area contributed by atoms with Gasteiger partial charge in [-0.25, -0.2) is 4.98 Å². The Labute approximate surface area is 97.2 Å². The van der Waals surface area contributed by atoms with Crippen molar-refractivity contribution in [3.63, 3.8) is 0 Å². The van der Waals surface area contributed by atoms with Gasteiger partial charge >= 0.3 is 0 Å². The highest BCUT2D eigenvalue weighted by Crippen LogP contribution is 2.15. The van der Waals surface area contributed by atoms with E-state index in [2.05, 4.69) is 10.3 Å². The molecule has 0 spiro atoms. The monoisotopic (exact) mass is 220 g/mol. The number of nitrogens with one attached hydrogen (secondary N) is 1. The molecule has 1 aromatic heterocycles. The van der Waals surface area contributed by atoms with Crippen LogP contribution in [-0.2, 0) is 0 Å². The average molecular weight is 220 g/mol. The average Bonchev–Trinajstić information content (AvgIpc) is 2.30. The molecule has 1 N–H and O–H groups in total. The van der Waals surface area contributed by atoms with Crippen LogP contribution in [0.2, 0.25) is 0 Å². The molecule has 3 heteroatoms. The first-order valence-electron chi connectivity index (χ1n) is 6.12. The van der Waals surface area contributed by atoms with E-state index in [4.69, 9.17) is 4.74 Å². The minimum Gasteiger partial charge on any atom is -0.478 e. The second-order valence-electron chi connectivity index (χ2n) is 4.47. The smallest absolute Gasteiger partial charge is 0.213 e. The predicted molar refractivity (Wildman–Crippen MR) is 64.7 cm³/mol. The third-order valence-electron chi connectivity index (χ3n) is 3.04. The molecule has 1 aliphatic heterocycles. The fraction of sp³-hybridized carbons (Fsp3) is 0.615. The number of ether oxygens (including phenoxy) is 1. The van der Waals surface area contributed by atoms with Crippen molar-refractivity contribution in [1.82, 2.24) is 10.3 Å². The van der Waals surface area contributed by atoms with Crippen molar-refractivity contribution >= 4 is 0 Å². The fourth-order valence-electron chi connectivity index (χ4n) is 2.10. The van der Waals surface area contributed by atoms with E-state index in [1.165, 1.54) is 19.4 Å². The lowest BCUT2D eigenvalue weighted by Gasteiger charge is -2.22. The summed E-state index contributed by atoms with van der Waals surface area (Å²) in [6.07, 6.45) is 3.76. The molecule has 0 bridgehead atoms. The molecule has 16 heavy (non-hydrogen) atoms. The Kier molecular flexibility index (Phi) is 4.17. The molecule has 1 atom stereocenters. The number of piperidine rings is 1. The predicted octanol–water partition coefficient (Wildman–Crippen LogP) is 2.16. The first-order chi connectivity index (χ1) is 7.84. The van der Waals surface area contributed by atoms with Crippen molar-refractivity contribution < 1.29 is 4.74 Å². The standard InChI is InChI=1S/C13H20N2O/c1-11-4-2-6-13(15-11)16-9-7-12-5-3-8-14-10-12/h2,4,6,12,14H,3,5,7-10H2,1H3. The molecule has 0 aromatic carbocycles. The topological polar surface area (TPSA) is 34.1 Å². The Bertz CT molecular complexity index is 321. The maximum atomic E-state index is 5.65. The third kappa shape index (κ3) is 3.49. The summed E-state index contributed by atoms with van der Waals surface area (Å²) < 4.78 is 5.65. The fourth-order valence-corrected chi connectivity index (χ4v) is 2.10. The number of pyridine rings is 1. The van der Waals surface area contributed by atoms with Crippen molar-refractivity contribution in [3.8, 4) is 5.88 Å². The van der Waals surface area contributed by atoms with Crippen molar-refractivity contribution in [3.05, 3.63) is 23.9 Å². The molecule has 0 saturated carbocycles. The molecule has 0 radical (unpaired) electrons. The second kappa shape index (κ2) is 5.85. The van der Waals surface area contributed by atoms with Crippen LogP contribution >= 0.6 is 0 Å². The van der Waals surface area contributed by atoms with E-state index in [0.717, 1.165) is 37.1 Å². The van der Waals surface area contributed by atoms with Crippen molar-refractivity contribution in [2.75, 3.05) is 19.7 Å². The lowest BCUT2D eigenvalue weighted by atomic mass is 9.97. The summed E-state index contributed by atoms with van der Waals surface area (Å²) in [5, 5.41) is 3.42. The van der Waals surface area contributed by atoms with Crippen LogP contribution in [0.5, 0.6) is 5.88 Å². The van der Waals surface area contributed by atoms with Crippen molar-refractivity contribution in [2.24, 2.45) is 5.92 Å². The molecule has 2 rings (SSSR count). The zero-order chi connectivity index (χ0) is 11.2. The second-order valence-corrected chi connectivity index (χ2v) is 4.47. The molecule has 1 fully saturated rings. The van der Waals surface area contributed by atoms with E-state index in [1.807, 2.05) is 25.1 Å². The van der Waals surface area contributed by atoms with Gasteiger partial charge in [-0.15, -0.1) is 0 Å². The lowest BCUT2D eigenvalue weighted by Crippen LogP contribution is -2.30. The normalized spacial score (nSPS) is 20.7. The van der Waals surface area contributed by atoms with Crippen LogP contribution in [0.4, 0.5) is 0 Å². The highest BCUT2D eigenvalue weighted by Gasteiger charge is 2.12. The van der Waals surface area contributed by atoms with Crippen molar-refractivity contribution in [1.29, 1.82) is 0 Å². The van der Waals surface area contributed by atoms with Crippen LogP contribution in [0.1, 0.15) is 25.0 Å². The Hall–Kier alpha value is -1.09. The highest BCUT2D eigenvalue weighted by molar-refractivity contribution is 5.14. The number of aromatic nitrogens is 1. The SMILES string of the molecule is Cc1cccc(OCCC2CCCNC2)n1. The van der Waals surface area contributed by atoms with Gasteiger partial charge < -0.3 is 10.1 Å². The molecule has 1 aliphatic rings. The van der Waals surface area contributed by atoms with Crippen LogP contribution in [-0.4, -0.2) is 24.7 Å². The summed E-state index contributed by atoms with van der Waals surface area (Å²) in [5.74, 6) is 1.53. The van der Waals surface area contributed by atoms with E-state index in [-0.39, 0.29) is 0 Å². The van der Waals surface area contributed by atoms with Crippen LogP contribution in [0.15, 0.2) is 18.2 Å². The van der Waals surface area contributed by atoms with E-state index in [0.29, 0.717) is 0 Å². The molecule has 1 aromatic rings. The molecule has 1 unspecified atom stereocenters. The number of aryl methyl sites for hydroxylation is 1. The van der Waals surface area contributed by atoms with E-state index >= 15 is 0 Å². The third-order valence-corrected chi connectivity index (χ3v) is 3.04. The Balaban J connectivity index is 1.71. The number of rotatable bonds is 4. The van der Waals surface area contributed by atoms with Crippen LogP contribution in [0.25, 0.3) is 0 Å². The molecule has 3 nitrogen and oxygen atoms in total. The van der Waals surface area contributed by atoms with Gasteiger partial charge in [-0.05, 0) is 51.3 Å². The molecule has 0 amide bonds. The quantitative estimate of drug-likeness (QED) is 0.844.